The number of rotatable bonds is 8. The summed E-state index contributed by atoms with van der Waals surface area (Å²) >= 11 is 0. The van der Waals surface area contributed by atoms with Crippen LogP contribution in [0.3, 0.4) is 0 Å². The van der Waals surface area contributed by atoms with Crippen LogP contribution in [0.15, 0.2) is 17.8 Å². The third kappa shape index (κ3) is 5.46. The van der Waals surface area contributed by atoms with E-state index in [1.165, 1.54) is 6.33 Å². The Morgan fingerprint density at radius 3 is 2.28 bits per heavy atom. The highest BCUT2D eigenvalue weighted by atomic mass is 28.4. The first-order valence-corrected chi connectivity index (χ1v) is 18.2. The third-order valence-corrected chi connectivity index (χ3v) is 17.0. The lowest BCUT2D eigenvalue weighted by Gasteiger charge is -2.40. The summed E-state index contributed by atoms with van der Waals surface area (Å²) in [5, 5.41) is 7.25. The molecule has 1 N–H and O–H groups in total. The van der Waals surface area contributed by atoms with E-state index in [4.69, 9.17) is 13.6 Å². The summed E-state index contributed by atoms with van der Waals surface area (Å²) in [6, 6.07) is -0.568. The molecule has 1 aliphatic rings. The molecule has 0 aliphatic carbocycles. The number of nitrogens with one attached hydrogen (secondary N) is 1. The van der Waals surface area contributed by atoms with E-state index in [9.17, 15) is 5.53 Å². The Hall–Kier alpha value is -2.03. The summed E-state index contributed by atoms with van der Waals surface area (Å²) in [4.78, 5) is 16.5. The minimum atomic E-state index is -2.27. The van der Waals surface area contributed by atoms with Gasteiger partial charge in [-0.25, -0.2) is 15.0 Å². The number of hydrogen-bond donors (Lipinski definition) is 1. The second-order valence-corrected chi connectivity index (χ2v) is 22.0. The molecule has 2 aromatic rings. The van der Waals surface area contributed by atoms with Gasteiger partial charge in [0.25, 0.3) is 0 Å². The van der Waals surface area contributed by atoms with Gasteiger partial charge in [-0.15, -0.1) is 0 Å². The summed E-state index contributed by atoms with van der Waals surface area (Å²) in [7, 11) is -2.54. The second kappa shape index (κ2) is 10.0. The smallest absolute Gasteiger partial charge is 0.192 e. The molecule has 0 bridgehead atoms. The molecule has 0 aromatic carbocycles. The Kier molecular flexibility index (Phi) is 7.95. The summed E-state index contributed by atoms with van der Waals surface area (Å²) in [6.45, 7) is 22.2. The van der Waals surface area contributed by atoms with Crippen molar-refractivity contribution in [2.45, 2.75) is 102 Å². The lowest BCUT2D eigenvalue weighted by atomic mass is 10.1. The lowest BCUT2D eigenvalue weighted by molar-refractivity contribution is -0.0445. The van der Waals surface area contributed by atoms with Crippen molar-refractivity contribution in [3.05, 3.63) is 23.1 Å². The minimum absolute atomic E-state index is 0.0388. The van der Waals surface area contributed by atoms with E-state index in [0.717, 1.165) is 0 Å². The van der Waals surface area contributed by atoms with Gasteiger partial charge in [-0.3, -0.25) is 4.57 Å². The topological polar surface area (TPSA) is 132 Å². The van der Waals surface area contributed by atoms with E-state index in [1.807, 2.05) is 4.57 Å². The summed E-state index contributed by atoms with van der Waals surface area (Å²) in [5.41, 5.74) is 10.8. The summed E-state index contributed by atoms with van der Waals surface area (Å²) < 4.78 is 21.9. The van der Waals surface area contributed by atoms with Crippen LogP contribution in [0.5, 0.6) is 0 Å². The number of anilines is 1. The molecule has 11 nitrogen and oxygen atoms in total. The van der Waals surface area contributed by atoms with Crippen LogP contribution in [-0.2, 0) is 13.6 Å². The highest BCUT2D eigenvalue weighted by Gasteiger charge is 2.51. The van der Waals surface area contributed by atoms with Gasteiger partial charge in [-0.1, -0.05) is 46.7 Å². The van der Waals surface area contributed by atoms with E-state index >= 15 is 0 Å². The zero-order valence-corrected chi connectivity index (χ0v) is 25.5. The normalized spacial score (nSPS) is 23.6. The Morgan fingerprint density at radius 1 is 1.08 bits per heavy atom. The molecular formula is C23H42N8O3Si2. The van der Waals surface area contributed by atoms with Crippen molar-refractivity contribution >= 4 is 33.6 Å². The second-order valence-electron chi connectivity index (χ2n) is 12.5. The van der Waals surface area contributed by atoms with Crippen LogP contribution < -0.4 is 5.32 Å². The molecular weight excluding hydrogens is 492 g/mol. The predicted molar refractivity (Wildman–Crippen MR) is 147 cm³/mol. The van der Waals surface area contributed by atoms with Crippen molar-refractivity contribution in [3.63, 3.8) is 0 Å². The number of imidazole rings is 1. The maximum Gasteiger partial charge on any atom is 0.192 e. The lowest BCUT2D eigenvalue weighted by Crippen LogP contribution is -2.49. The first-order chi connectivity index (χ1) is 16.5. The maximum atomic E-state index is 9.51. The van der Waals surface area contributed by atoms with Gasteiger partial charge in [0, 0.05) is 12.0 Å². The van der Waals surface area contributed by atoms with Gasteiger partial charge >= 0.3 is 0 Å². The number of fused-ring (bicyclic) bond motifs is 1. The molecule has 1 aliphatic heterocycles. The van der Waals surface area contributed by atoms with Gasteiger partial charge in [-0.05, 0) is 41.8 Å². The van der Waals surface area contributed by atoms with Crippen LogP contribution in [0.4, 0.5) is 5.82 Å². The van der Waals surface area contributed by atoms with E-state index < -0.39 is 41.1 Å². The average molecular weight is 535 g/mol. The molecule has 0 radical (unpaired) electrons. The number of ether oxygens (including phenoxy) is 1. The average Bonchev–Trinajstić information content (AvgIpc) is 3.32. The van der Waals surface area contributed by atoms with Crippen molar-refractivity contribution in [1.82, 2.24) is 19.5 Å². The van der Waals surface area contributed by atoms with Gasteiger partial charge in [0.05, 0.1) is 25.1 Å². The highest BCUT2D eigenvalue weighted by Crippen LogP contribution is 2.44. The van der Waals surface area contributed by atoms with Gasteiger partial charge in [-0.2, -0.15) is 0 Å². The molecule has 36 heavy (non-hydrogen) atoms. The van der Waals surface area contributed by atoms with Crippen molar-refractivity contribution in [2.75, 3.05) is 19.0 Å². The fourth-order valence-corrected chi connectivity index (χ4v) is 5.96. The van der Waals surface area contributed by atoms with Gasteiger partial charge in [0.1, 0.15) is 17.9 Å². The molecule has 1 saturated heterocycles. The molecule has 3 heterocycles. The molecule has 1 fully saturated rings. The largest absolute Gasteiger partial charge is 0.414 e. The molecule has 2 aromatic heterocycles. The standard InChI is InChI=1S/C23H42N8O3Si2/c1-22(2,3)35(8,9)32-12-15-16(29-30-24)18(34-36(10,11)23(4,5)6)21(33-15)31-14-28-17-19(25-7)26-13-27-20(17)31/h13-16,18,21H,12H2,1-11H3,(H,25,26,27)/t15-,16-,18-,21-/m1/s1. The Balaban J connectivity index is 2.06. The van der Waals surface area contributed by atoms with Crippen LogP contribution in [-0.4, -0.2) is 68.1 Å². The minimum Gasteiger partial charge on any atom is -0.414 e. The van der Waals surface area contributed by atoms with E-state index in [0.29, 0.717) is 23.6 Å². The first-order valence-electron chi connectivity index (χ1n) is 12.4. The number of hydrogen-bond acceptors (Lipinski definition) is 8. The molecule has 0 unspecified atom stereocenters. The van der Waals surface area contributed by atoms with Gasteiger partial charge in [0.15, 0.2) is 34.3 Å². The molecule has 13 heteroatoms. The van der Waals surface area contributed by atoms with Gasteiger partial charge in [0.2, 0.25) is 0 Å². The molecule has 0 saturated carbocycles. The number of aromatic nitrogens is 4. The fourth-order valence-electron chi connectivity index (χ4n) is 3.65. The van der Waals surface area contributed by atoms with Crippen molar-refractivity contribution < 1.29 is 13.6 Å². The Bertz CT molecular complexity index is 1120. The van der Waals surface area contributed by atoms with Crippen LogP contribution in [0.2, 0.25) is 36.3 Å². The maximum absolute atomic E-state index is 9.51. The van der Waals surface area contributed by atoms with Crippen molar-refractivity contribution in [3.8, 4) is 0 Å². The Morgan fingerprint density at radius 2 is 1.72 bits per heavy atom. The highest BCUT2D eigenvalue weighted by molar-refractivity contribution is 6.74. The SMILES string of the molecule is CNc1ncnc2c1ncn2[C@@H]1O[C@H](CO[Si](C)(C)C(C)(C)C)[C@@H](N=[N+]=[N-])[C@H]1O[Si](C)(C)C(C)(C)C. The fraction of sp³-hybridized carbons (Fsp3) is 0.783. The molecule has 0 spiro atoms. The monoisotopic (exact) mass is 534 g/mol. The van der Waals surface area contributed by atoms with Crippen LogP contribution in [0.1, 0.15) is 47.8 Å². The summed E-state index contributed by atoms with van der Waals surface area (Å²) in [5.74, 6) is 0.628. The van der Waals surface area contributed by atoms with E-state index in [1.54, 1.807) is 13.4 Å². The van der Waals surface area contributed by atoms with Crippen LogP contribution >= 0.6 is 0 Å². The quantitative estimate of drug-likeness (QED) is 0.194. The number of azide groups is 1. The third-order valence-electron chi connectivity index (χ3n) is 8.02. The first kappa shape index (κ1) is 28.5. The van der Waals surface area contributed by atoms with Crippen molar-refractivity contribution in [2.24, 2.45) is 5.11 Å². The van der Waals surface area contributed by atoms with Crippen molar-refractivity contribution in [1.29, 1.82) is 0 Å². The van der Waals surface area contributed by atoms with Crippen LogP contribution in [0.25, 0.3) is 21.6 Å². The van der Waals surface area contributed by atoms with Gasteiger partial charge < -0.3 is 18.9 Å². The number of nitrogens with zero attached hydrogens (tertiary/aromatic N) is 7. The molecule has 3 rings (SSSR count). The van der Waals surface area contributed by atoms with E-state index in [-0.39, 0.29) is 10.1 Å². The zero-order chi connectivity index (χ0) is 27.1. The van der Waals surface area contributed by atoms with Crippen LogP contribution in [0, 0.1) is 0 Å². The Labute approximate surface area is 216 Å². The zero-order valence-electron chi connectivity index (χ0n) is 23.5. The molecule has 200 valence electrons. The van der Waals surface area contributed by atoms with E-state index in [2.05, 4.69) is 98.0 Å². The summed E-state index contributed by atoms with van der Waals surface area (Å²) in [6.07, 6.45) is 1.59. The predicted octanol–water partition coefficient (Wildman–Crippen LogP) is 5.86. The molecule has 0 amide bonds. The molecule has 4 atom stereocenters.